The van der Waals surface area contributed by atoms with E-state index < -0.39 is 5.97 Å². The van der Waals surface area contributed by atoms with E-state index in [0.29, 0.717) is 31.9 Å². The van der Waals surface area contributed by atoms with Gasteiger partial charge in [-0.25, -0.2) is 9.78 Å². The van der Waals surface area contributed by atoms with Gasteiger partial charge in [0.1, 0.15) is 20.5 Å². The number of fused-ring (bicyclic) bond motifs is 2. The molecular weight excluding hydrogens is 542 g/mol. The molecule has 0 spiro atoms. The monoisotopic (exact) mass is 569 g/mol. The molecule has 5 aromatic rings. The van der Waals surface area contributed by atoms with Crippen LogP contribution in [0.3, 0.4) is 0 Å². The van der Waals surface area contributed by atoms with Crippen LogP contribution < -0.4 is 15.8 Å². The number of thiophene rings is 2. The summed E-state index contributed by atoms with van der Waals surface area (Å²) in [5.41, 5.74) is 11.2. The van der Waals surface area contributed by atoms with Crippen molar-refractivity contribution >= 4 is 55.5 Å². The number of esters is 1. The zero-order valence-corrected chi connectivity index (χ0v) is 23.7. The minimum atomic E-state index is -0.443. The van der Waals surface area contributed by atoms with Crippen molar-refractivity contribution < 1.29 is 19.1 Å². The quantitative estimate of drug-likeness (QED) is 0.215. The standard InChI is InChI=1S/C31H27N3O4S2/c1-37-20-11-8-18(9-12-20)23-15-14-22-26(32)27(40-29(22)33-23)28(35)34-30-25(31(36)38-2)21-13-10-19(16-24(21)39-30)17-6-4-3-5-7-17/h3-9,11-12,14-15,19H,10,13,16,32H2,1-2H3,(H,34,35). The van der Waals surface area contributed by atoms with E-state index in [0.717, 1.165) is 52.1 Å². The summed E-state index contributed by atoms with van der Waals surface area (Å²) in [5.74, 6) is 0.322. The van der Waals surface area contributed by atoms with Gasteiger partial charge in [-0.2, -0.15) is 0 Å². The molecule has 1 atom stereocenters. The molecule has 0 saturated carbocycles. The van der Waals surface area contributed by atoms with Gasteiger partial charge in [0.15, 0.2) is 0 Å². The predicted octanol–water partition coefficient (Wildman–Crippen LogP) is 6.93. The van der Waals surface area contributed by atoms with Crippen molar-refractivity contribution in [3.8, 4) is 17.0 Å². The number of nitrogens with zero attached hydrogens (tertiary/aromatic N) is 1. The average molecular weight is 570 g/mol. The van der Waals surface area contributed by atoms with E-state index in [1.54, 1.807) is 7.11 Å². The van der Waals surface area contributed by atoms with Crippen LogP contribution in [-0.2, 0) is 17.6 Å². The Morgan fingerprint density at radius 1 is 1.00 bits per heavy atom. The largest absolute Gasteiger partial charge is 0.497 e. The maximum atomic E-state index is 13.5. The molecule has 3 aromatic heterocycles. The number of ether oxygens (including phenoxy) is 2. The average Bonchev–Trinajstić information content (AvgIpc) is 3.53. The number of benzene rings is 2. The fourth-order valence-electron chi connectivity index (χ4n) is 5.25. The number of nitrogens with two attached hydrogens (primary N) is 1. The summed E-state index contributed by atoms with van der Waals surface area (Å²) < 4.78 is 10.4. The molecule has 3 heterocycles. The van der Waals surface area contributed by atoms with Crippen LogP contribution in [-0.4, -0.2) is 31.1 Å². The van der Waals surface area contributed by atoms with Crippen molar-refractivity contribution in [3.63, 3.8) is 0 Å². The van der Waals surface area contributed by atoms with Crippen LogP contribution in [0.25, 0.3) is 21.5 Å². The number of methoxy groups -OCH3 is 2. The molecule has 7 nitrogen and oxygen atoms in total. The molecule has 202 valence electrons. The number of nitrogen functional groups attached to an aromatic ring is 1. The fourth-order valence-corrected chi connectivity index (χ4v) is 7.55. The highest BCUT2D eigenvalue weighted by Crippen LogP contribution is 2.43. The fraction of sp³-hybridized carbons (Fsp3) is 0.194. The van der Waals surface area contributed by atoms with Crippen LogP contribution >= 0.6 is 22.7 Å². The number of carbonyl (C=O) groups is 2. The lowest BCUT2D eigenvalue weighted by atomic mass is 9.83. The molecule has 2 aromatic carbocycles. The number of pyridine rings is 1. The Morgan fingerprint density at radius 2 is 1.77 bits per heavy atom. The number of hydrogen-bond donors (Lipinski definition) is 2. The zero-order valence-electron chi connectivity index (χ0n) is 22.0. The molecule has 0 bridgehead atoms. The number of hydrogen-bond acceptors (Lipinski definition) is 8. The van der Waals surface area contributed by atoms with E-state index in [2.05, 4.69) is 29.6 Å². The van der Waals surface area contributed by atoms with Crippen molar-refractivity contribution in [2.24, 2.45) is 0 Å². The number of carbonyl (C=O) groups excluding carboxylic acids is 2. The van der Waals surface area contributed by atoms with Crippen molar-refractivity contribution in [3.05, 3.63) is 93.2 Å². The third-order valence-electron chi connectivity index (χ3n) is 7.34. The number of aromatic nitrogens is 1. The molecule has 0 radical (unpaired) electrons. The molecule has 0 saturated heterocycles. The predicted molar refractivity (Wildman–Crippen MR) is 161 cm³/mol. The van der Waals surface area contributed by atoms with E-state index in [4.69, 9.17) is 20.2 Å². The summed E-state index contributed by atoms with van der Waals surface area (Å²) >= 11 is 2.68. The van der Waals surface area contributed by atoms with Gasteiger partial charge in [-0.3, -0.25) is 4.79 Å². The lowest BCUT2D eigenvalue weighted by Gasteiger charge is -2.22. The van der Waals surface area contributed by atoms with Gasteiger partial charge in [0.2, 0.25) is 0 Å². The number of rotatable bonds is 6. The number of nitrogens with one attached hydrogen (secondary N) is 1. The highest BCUT2D eigenvalue weighted by Gasteiger charge is 2.31. The SMILES string of the molecule is COC(=O)c1c(NC(=O)c2sc3nc(-c4ccc(OC)cc4)ccc3c2N)sc2c1CCC(c1ccccc1)C2. The molecule has 3 N–H and O–H groups in total. The lowest BCUT2D eigenvalue weighted by molar-refractivity contribution is 0.0601. The van der Waals surface area contributed by atoms with Crippen LogP contribution in [0, 0.1) is 0 Å². The molecule has 40 heavy (non-hydrogen) atoms. The van der Waals surface area contributed by atoms with Gasteiger partial charge in [0, 0.05) is 15.8 Å². The van der Waals surface area contributed by atoms with Crippen LogP contribution in [0.2, 0.25) is 0 Å². The van der Waals surface area contributed by atoms with Gasteiger partial charge >= 0.3 is 5.97 Å². The Balaban J connectivity index is 1.30. The molecular formula is C31H27N3O4S2. The van der Waals surface area contributed by atoms with Gasteiger partial charge < -0.3 is 20.5 Å². The van der Waals surface area contributed by atoms with Gasteiger partial charge in [-0.15, -0.1) is 22.7 Å². The van der Waals surface area contributed by atoms with Crippen molar-refractivity contribution in [2.45, 2.75) is 25.2 Å². The first-order chi connectivity index (χ1) is 19.5. The smallest absolute Gasteiger partial charge is 0.341 e. The third-order valence-corrected chi connectivity index (χ3v) is 9.62. The zero-order chi connectivity index (χ0) is 27.8. The van der Waals surface area contributed by atoms with Gasteiger partial charge in [-0.05, 0) is 72.7 Å². The molecule has 9 heteroatoms. The topological polar surface area (TPSA) is 104 Å². The highest BCUT2D eigenvalue weighted by atomic mass is 32.1. The molecule has 1 aliphatic carbocycles. The molecule has 0 fully saturated rings. The minimum Gasteiger partial charge on any atom is -0.497 e. The minimum absolute atomic E-state index is 0.360. The van der Waals surface area contributed by atoms with Crippen LogP contribution in [0.15, 0.2) is 66.7 Å². The Bertz CT molecular complexity index is 1730. The van der Waals surface area contributed by atoms with Crippen LogP contribution in [0.1, 0.15) is 48.4 Å². The van der Waals surface area contributed by atoms with E-state index in [9.17, 15) is 9.59 Å². The molecule has 1 amide bonds. The second kappa shape index (κ2) is 10.7. The second-order valence-electron chi connectivity index (χ2n) is 9.63. The van der Waals surface area contributed by atoms with E-state index >= 15 is 0 Å². The second-order valence-corrected chi connectivity index (χ2v) is 11.7. The first-order valence-corrected chi connectivity index (χ1v) is 14.5. The van der Waals surface area contributed by atoms with Gasteiger partial charge in [0.25, 0.3) is 5.91 Å². The Kier molecular flexibility index (Phi) is 7.00. The highest BCUT2D eigenvalue weighted by molar-refractivity contribution is 7.21. The first kappa shape index (κ1) is 26.0. The lowest BCUT2D eigenvalue weighted by Crippen LogP contribution is -2.16. The summed E-state index contributed by atoms with van der Waals surface area (Å²) in [6.07, 6.45) is 2.48. The third kappa shape index (κ3) is 4.71. The summed E-state index contributed by atoms with van der Waals surface area (Å²) in [6, 6.07) is 21.8. The summed E-state index contributed by atoms with van der Waals surface area (Å²) in [5, 5.41) is 4.20. The van der Waals surface area contributed by atoms with Crippen LogP contribution in [0.5, 0.6) is 5.75 Å². The molecule has 1 aliphatic rings. The van der Waals surface area contributed by atoms with Crippen molar-refractivity contribution in [1.29, 1.82) is 0 Å². The van der Waals surface area contributed by atoms with E-state index in [1.807, 2.05) is 42.5 Å². The van der Waals surface area contributed by atoms with Crippen molar-refractivity contribution in [1.82, 2.24) is 4.98 Å². The summed E-state index contributed by atoms with van der Waals surface area (Å²) in [4.78, 5) is 33.3. The van der Waals surface area contributed by atoms with Gasteiger partial charge in [0.05, 0.1) is 31.2 Å². The van der Waals surface area contributed by atoms with Crippen molar-refractivity contribution in [2.75, 3.05) is 25.3 Å². The maximum absolute atomic E-state index is 13.5. The number of amides is 1. The van der Waals surface area contributed by atoms with Crippen LogP contribution in [0.4, 0.5) is 10.7 Å². The Labute approximate surface area is 239 Å². The first-order valence-electron chi connectivity index (χ1n) is 12.9. The molecule has 6 rings (SSSR count). The summed E-state index contributed by atoms with van der Waals surface area (Å²) in [6.45, 7) is 0. The normalized spacial score (nSPS) is 14.5. The van der Waals surface area contributed by atoms with Gasteiger partial charge in [-0.1, -0.05) is 30.3 Å². The van der Waals surface area contributed by atoms with E-state index in [-0.39, 0.29) is 5.91 Å². The summed E-state index contributed by atoms with van der Waals surface area (Å²) in [7, 11) is 2.99. The Hall–Kier alpha value is -4.21. The Morgan fingerprint density at radius 3 is 2.50 bits per heavy atom. The maximum Gasteiger partial charge on any atom is 0.341 e. The van der Waals surface area contributed by atoms with E-state index in [1.165, 1.54) is 35.3 Å². The molecule has 0 aliphatic heterocycles. The number of anilines is 2. The molecule has 1 unspecified atom stereocenters.